The topological polar surface area (TPSA) is 61.4 Å². The predicted molar refractivity (Wildman–Crippen MR) is 85.4 cm³/mol. The van der Waals surface area contributed by atoms with Gasteiger partial charge in [-0.1, -0.05) is 37.0 Å². The molecule has 2 rings (SSSR count). The van der Waals surface area contributed by atoms with Crippen LogP contribution in [0.5, 0.6) is 0 Å². The predicted octanol–water partition coefficient (Wildman–Crippen LogP) is 3.45. The fourth-order valence-corrected chi connectivity index (χ4v) is 3.07. The molecule has 3 N–H and O–H groups in total. The van der Waals surface area contributed by atoms with Gasteiger partial charge in [-0.25, -0.2) is 4.79 Å². The molecule has 0 aliphatic heterocycles. The van der Waals surface area contributed by atoms with Gasteiger partial charge >= 0.3 is 6.03 Å². The number of amides is 2. The first-order valence-corrected chi connectivity index (χ1v) is 7.80. The fraction of sp³-hybridized carbons (Fsp3) is 0.588. The summed E-state index contributed by atoms with van der Waals surface area (Å²) in [5.74, 6) is 0.347. The molecule has 4 nitrogen and oxygen atoms in total. The number of aryl methyl sites for hydroxylation is 1. The first-order chi connectivity index (χ1) is 10.0. The van der Waals surface area contributed by atoms with Gasteiger partial charge in [-0.05, 0) is 44.7 Å². The maximum atomic E-state index is 12.2. The minimum atomic E-state index is -0.546. The van der Waals surface area contributed by atoms with Gasteiger partial charge in [-0.3, -0.25) is 0 Å². The van der Waals surface area contributed by atoms with Crippen LogP contribution in [0.1, 0.15) is 44.6 Å². The Bertz CT molecular complexity index is 466. The van der Waals surface area contributed by atoms with Crippen molar-refractivity contribution in [2.24, 2.45) is 5.92 Å². The Hall–Kier alpha value is -1.55. The molecular weight excluding hydrogens is 264 g/mol. The molecule has 1 aromatic rings. The lowest BCUT2D eigenvalue weighted by atomic mass is 9.76. The van der Waals surface area contributed by atoms with E-state index in [0.29, 0.717) is 5.92 Å². The van der Waals surface area contributed by atoms with E-state index in [-0.39, 0.29) is 12.6 Å². The largest absolute Gasteiger partial charge is 0.394 e. The Morgan fingerprint density at radius 1 is 1.24 bits per heavy atom. The van der Waals surface area contributed by atoms with E-state index in [0.717, 1.165) is 24.1 Å². The van der Waals surface area contributed by atoms with Gasteiger partial charge < -0.3 is 15.7 Å². The third kappa shape index (κ3) is 4.21. The lowest BCUT2D eigenvalue weighted by molar-refractivity contribution is 0.103. The Morgan fingerprint density at radius 3 is 2.43 bits per heavy atom. The van der Waals surface area contributed by atoms with Crippen LogP contribution >= 0.6 is 0 Å². The van der Waals surface area contributed by atoms with Crippen LogP contribution in [0.2, 0.25) is 0 Å². The van der Waals surface area contributed by atoms with Crippen LogP contribution < -0.4 is 10.6 Å². The van der Waals surface area contributed by atoms with Crippen molar-refractivity contribution in [3.05, 3.63) is 29.8 Å². The molecule has 1 fully saturated rings. The monoisotopic (exact) mass is 290 g/mol. The molecule has 0 saturated heterocycles. The van der Waals surface area contributed by atoms with Crippen molar-refractivity contribution in [2.75, 3.05) is 11.9 Å². The Labute approximate surface area is 126 Å². The van der Waals surface area contributed by atoms with Crippen molar-refractivity contribution >= 4 is 11.7 Å². The number of carbonyl (C=O) groups is 1. The number of anilines is 1. The average molecular weight is 290 g/mol. The van der Waals surface area contributed by atoms with Crippen LogP contribution in [0.25, 0.3) is 0 Å². The quantitative estimate of drug-likeness (QED) is 0.795. The molecule has 1 saturated carbocycles. The second-order valence-electron chi connectivity index (χ2n) is 6.36. The summed E-state index contributed by atoms with van der Waals surface area (Å²) in [4.78, 5) is 12.2. The number of hydrogen-bond donors (Lipinski definition) is 3. The maximum absolute atomic E-state index is 12.2. The van der Waals surface area contributed by atoms with Gasteiger partial charge in [-0.2, -0.15) is 0 Å². The van der Waals surface area contributed by atoms with Crippen molar-refractivity contribution in [1.82, 2.24) is 5.32 Å². The number of aliphatic hydroxyl groups is 1. The number of carbonyl (C=O) groups excluding carboxylic acids is 1. The van der Waals surface area contributed by atoms with Gasteiger partial charge in [0, 0.05) is 5.69 Å². The van der Waals surface area contributed by atoms with Crippen LogP contribution in [0.15, 0.2) is 24.3 Å². The molecule has 0 heterocycles. The van der Waals surface area contributed by atoms with E-state index in [1.807, 2.05) is 38.1 Å². The van der Waals surface area contributed by atoms with Crippen LogP contribution in [0, 0.1) is 12.8 Å². The molecule has 116 valence electrons. The van der Waals surface area contributed by atoms with E-state index in [2.05, 4.69) is 10.6 Å². The lowest BCUT2D eigenvalue weighted by Crippen LogP contribution is -2.55. The Kier molecular flexibility index (Phi) is 5.23. The molecule has 1 aliphatic rings. The van der Waals surface area contributed by atoms with Gasteiger partial charge in [0.15, 0.2) is 0 Å². The zero-order valence-electron chi connectivity index (χ0n) is 13.0. The van der Waals surface area contributed by atoms with Crippen molar-refractivity contribution in [1.29, 1.82) is 0 Å². The lowest BCUT2D eigenvalue weighted by Gasteiger charge is -2.39. The van der Waals surface area contributed by atoms with E-state index in [1.54, 1.807) is 0 Å². The standard InChI is InChI=1S/C17H26N2O2/c1-13-8-10-15(11-9-13)18-16(21)19-17(2,12-20)14-6-4-3-5-7-14/h8-11,14,20H,3-7,12H2,1-2H3,(H2,18,19,21)/t17-/m1/s1. The maximum Gasteiger partial charge on any atom is 0.319 e. The summed E-state index contributed by atoms with van der Waals surface area (Å²) in [6.45, 7) is 3.92. The van der Waals surface area contributed by atoms with Crippen LogP contribution in [0.4, 0.5) is 10.5 Å². The zero-order valence-corrected chi connectivity index (χ0v) is 13.0. The Morgan fingerprint density at radius 2 is 1.86 bits per heavy atom. The van der Waals surface area contributed by atoms with E-state index < -0.39 is 5.54 Å². The van der Waals surface area contributed by atoms with E-state index in [1.165, 1.54) is 19.3 Å². The first-order valence-electron chi connectivity index (χ1n) is 7.80. The molecule has 0 bridgehead atoms. The normalized spacial score (nSPS) is 18.8. The number of aliphatic hydroxyl groups excluding tert-OH is 1. The van der Waals surface area contributed by atoms with Crippen molar-refractivity contribution in [2.45, 2.75) is 51.5 Å². The highest BCUT2D eigenvalue weighted by Crippen LogP contribution is 2.32. The minimum Gasteiger partial charge on any atom is -0.394 e. The van der Waals surface area contributed by atoms with Gasteiger partial charge in [-0.15, -0.1) is 0 Å². The highest BCUT2D eigenvalue weighted by molar-refractivity contribution is 5.89. The highest BCUT2D eigenvalue weighted by atomic mass is 16.3. The molecule has 0 aromatic heterocycles. The van der Waals surface area contributed by atoms with Gasteiger partial charge in [0.05, 0.1) is 12.1 Å². The smallest absolute Gasteiger partial charge is 0.319 e. The average Bonchev–Trinajstić information content (AvgIpc) is 2.50. The summed E-state index contributed by atoms with van der Waals surface area (Å²) < 4.78 is 0. The van der Waals surface area contributed by atoms with Gasteiger partial charge in [0.1, 0.15) is 0 Å². The molecule has 0 radical (unpaired) electrons. The minimum absolute atomic E-state index is 0.0288. The summed E-state index contributed by atoms with van der Waals surface area (Å²) in [6, 6.07) is 7.43. The van der Waals surface area contributed by atoms with Crippen molar-refractivity contribution in [3.63, 3.8) is 0 Å². The molecular formula is C17H26N2O2. The van der Waals surface area contributed by atoms with Crippen molar-refractivity contribution < 1.29 is 9.90 Å². The summed E-state index contributed by atoms with van der Waals surface area (Å²) in [5.41, 5.74) is 1.38. The molecule has 0 spiro atoms. The number of rotatable bonds is 4. The molecule has 1 atom stereocenters. The fourth-order valence-electron chi connectivity index (χ4n) is 3.07. The SMILES string of the molecule is Cc1ccc(NC(=O)N[C@](C)(CO)C2CCCCC2)cc1. The molecule has 1 aliphatic carbocycles. The second kappa shape index (κ2) is 6.94. The number of hydrogen-bond acceptors (Lipinski definition) is 2. The van der Waals surface area contributed by atoms with Gasteiger partial charge in [0.25, 0.3) is 0 Å². The summed E-state index contributed by atoms with van der Waals surface area (Å²) in [7, 11) is 0. The number of urea groups is 1. The van der Waals surface area contributed by atoms with E-state index in [4.69, 9.17) is 0 Å². The van der Waals surface area contributed by atoms with E-state index in [9.17, 15) is 9.90 Å². The molecule has 2 amide bonds. The zero-order chi connectivity index (χ0) is 15.3. The Balaban J connectivity index is 1.96. The molecule has 4 heteroatoms. The second-order valence-corrected chi connectivity index (χ2v) is 6.36. The van der Waals surface area contributed by atoms with Crippen LogP contribution in [0.3, 0.4) is 0 Å². The summed E-state index contributed by atoms with van der Waals surface area (Å²) in [5, 5.41) is 15.6. The number of benzene rings is 1. The van der Waals surface area contributed by atoms with Crippen LogP contribution in [-0.2, 0) is 0 Å². The molecule has 21 heavy (non-hydrogen) atoms. The summed E-state index contributed by atoms with van der Waals surface area (Å²) >= 11 is 0. The third-order valence-corrected chi connectivity index (χ3v) is 4.54. The van der Waals surface area contributed by atoms with E-state index >= 15 is 0 Å². The van der Waals surface area contributed by atoms with Crippen molar-refractivity contribution in [3.8, 4) is 0 Å². The van der Waals surface area contributed by atoms with Gasteiger partial charge in [0.2, 0.25) is 0 Å². The third-order valence-electron chi connectivity index (χ3n) is 4.54. The highest BCUT2D eigenvalue weighted by Gasteiger charge is 2.35. The molecule has 1 aromatic carbocycles. The van der Waals surface area contributed by atoms with Crippen LogP contribution in [-0.4, -0.2) is 23.3 Å². The summed E-state index contributed by atoms with van der Waals surface area (Å²) in [6.07, 6.45) is 5.76. The number of nitrogens with one attached hydrogen (secondary N) is 2. The molecule has 0 unspecified atom stereocenters. The first kappa shape index (κ1) is 15.8.